The molecule has 63 heavy (non-hydrogen) atoms. The summed E-state index contributed by atoms with van der Waals surface area (Å²) in [5.74, 6) is -1.16. The van der Waals surface area contributed by atoms with Crippen molar-refractivity contribution in [3.63, 3.8) is 0 Å². The van der Waals surface area contributed by atoms with Crippen LogP contribution in [0.25, 0.3) is 10.8 Å². The number of carbonyl (C=O) groups excluding carboxylic acids is 5. The van der Waals surface area contributed by atoms with Gasteiger partial charge in [0.25, 0.3) is 5.91 Å². The lowest BCUT2D eigenvalue weighted by Crippen LogP contribution is -2.50. The van der Waals surface area contributed by atoms with Gasteiger partial charge in [-0.2, -0.15) is 0 Å². The number of carbonyl (C=O) groups is 5. The predicted molar refractivity (Wildman–Crippen MR) is 240 cm³/mol. The van der Waals surface area contributed by atoms with Crippen LogP contribution in [-0.2, 0) is 25.7 Å². The number of benzene rings is 4. The Hall–Kier alpha value is -5.86. The molecule has 7 rings (SSSR count). The van der Waals surface area contributed by atoms with Gasteiger partial charge in [0.15, 0.2) is 6.61 Å². The highest BCUT2D eigenvalue weighted by molar-refractivity contribution is 6.01. The number of likely N-dealkylation sites (tertiary alicyclic amines) is 1. The molecule has 3 fully saturated rings. The number of ether oxygens (including phenoxy) is 1. The number of anilines is 1. The lowest BCUT2D eigenvalue weighted by Gasteiger charge is -2.36. The molecule has 4 aromatic rings. The number of hydrogen-bond donors (Lipinski definition) is 4. The lowest BCUT2D eigenvalue weighted by molar-refractivity contribution is -0.134. The second kappa shape index (κ2) is 22.0. The van der Waals surface area contributed by atoms with E-state index in [9.17, 15) is 28.4 Å². The third-order valence-electron chi connectivity index (χ3n) is 12.7. The second-order valence-corrected chi connectivity index (χ2v) is 17.0. The molecule has 14 heteroatoms. The fourth-order valence-electron chi connectivity index (χ4n) is 8.95. The highest BCUT2D eigenvalue weighted by Crippen LogP contribution is 2.32. The standard InChI is InChI=1S/C49H60FN7O6/c1-34(42-12-8-10-36-9-4-5-11-43(36)42)56-23-19-38(20-24-56)47(60)52-32-35-29-39(50)31-40(30-35)53-49(62)57-27-25-55(26-28-57)22-7-3-2-6-21-51-46(59)33-63-41-15-13-37(14-16-41)44-17-18-45(58)54-48(44)61/h4-5,8-16,29-31,34,38,44H,2-3,6-7,17-28,32-33H2,1H3,(H,51,59)(H,52,60)(H,53,62)(H,54,58,61)/t34-,44?/m1/s1. The quantitative estimate of drug-likeness (QED) is 0.0695. The minimum absolute atomic E-state index is 0.0260. The largest absolute Gasteiger partial charge is 0.484 e. The van der Waals surface area contributed by atoms with Crippen molar-refractivity contribution >= 4 is 46.1 Å². The van der Waals surface area contributed by atoms with Crippen LogP contribution in [0, 0.1) is 11.7 Å². The number of hydrogen-bond acceptors (Lipinski definition) is 8. The molecule has 334 valence electrons. The number of rotatable bonds is 17. The molecule has 6 amide bonds. The number of urea groups is 1. The number of nitrogens with one attached hydrogen (secondary N) is 4. The zero-order chi connectivity index (χ0) is 44.1. The van der Waals surface area contributed by atoms with Gasteiger partial charge in [-0.1, -0.05) is 67.4 Å². The molecular weight excluding hydrogens is 802 g/mol. The maximum absolute atomic E-state index is 14.7. The summed E-state index contributed by atoms with van der Waals surface area (Å²) in [5.41, 5.74) is 3.07. The number of amides is 6. The van der Waals surface area contributed by atoms with E-state index in [1.807, 2.05) is 0 Å². The number of fused-ring (bicyclic) bond motifs is 1. The van der Waals surface area contributed by atoms with E-state index >= 15 is 0 Å². The highest BCUT2D eigenvalue weighted by atomic mass is 19.1. The van der Waals surface area contributed by atoms with Gasteiger partial charge in [-0.05, 0) is 116 Å². The molecule has 3 heterocycles. The van der Waals surface area contributed by atoms with Gasteiger partial charge < -0.3 is 25.6 Å². The van der Waals surface area contributed by atoms with Crippen molar-refractivity contribution in [1.82, 2.24) is 30.7 Å². The van der Waals surface area contributed by atoms with Gasteiger partial charge in [0.05, 0.1) is 5.92 Å². The number of unbranched alkanes of at least 4 members (excludes halogenated alkanes) is 3. The van der Waals surface area contributed by atoms with Crippen LogP contribution in [0.2, 0.25) is 0 Å². The summed E-state index contributed by atoms with van der Waals surface area (Å²) in [6, 6.07) is 26.3. The van der Waals surface area contributed by atoms with Crippen LogP contribution in [0.5, 0.6) is 5.75 Å². The van der Waals surface area contributed by atoms with E-state index in [1.165, 1.54) is 28.5 Å². The SMILES string of the molecule is C[C@H](c1cccc2ccccc12)N1CCC(C(=O)NCc2cc(F)cc(NC(=O)N3CCN(CCCCCCNC(=O)COc4ccc(C5CCC(=O)NC5=O)cc4)CC3)c2)CC1. The summed E-state index contributed by atoms with van der Waals surface area (Å²) >= 11 is 0. The zero-order valence-electron chi connectivity index (χ0n) is 36.2. The first-order valence-electron chi connectivity index (χ1n) is 22.5. The van der Waals surface area contributed by atoms with Gasteiger partial charge in [-0.3, -0.25) is 34.3 Å². The van der Waals surface area contributed by atoms with Crippen molar-refractivity contribution in [3.05, 3.63) is 107 Å². The molecule has 2 atom stereocenters. The highest BCUT2D eigenvalue weighted by Gasteiger charge is 2.29. The molecule has 0 radical (unpaired) electrons. The Bertz CT molecular complexity index is 2220. The van der Waals surface area contributed by atoms with Gasteiger partial charge in [-0.15, -0.1) is 0 Å². The number of imide groups is 1. The van der Waals surface area contributed by atoms with Crippen molar-refractivity contribution in [2.45, 2.75) is 76.8 Å². The van der Waals surface area contributed by atoms with Crippen molar-refractivity contribution in [3.8, 4) is 5.75 Å². The van der Waals surface area contributed by atoms with Crippen LogP contribution in [0.15, 0.2) is 84.9 Å². The molecule has 3 aliphatic heterocycles. The summed E-state index contributed by atoms with van der Waals surface area (Å²) in [7, 11) is 0. The zero-order valence-corrected chi connectivity index (χ0v) is 36.2. The maximum atomic E-state index is 14.7. The average molecular weight is 862 g/mol. The first kappa shape index (κ1) is 45.2. The lowest BCUT2D eigenvalue weighted by atomic mass is 9.90. The molecule has 0 saturated carbocycles. The normalized spacial score (nSPS) is 18.1. The average Bonchev–Trinajstić information content (AvgIpc) is 3.29. The van der Waals surface area contributed by atoms with Gasteiger partial charge >= 0.3 is 6.03 Å². The van der Waals surface area contributed by atoms with Gasteiger partial charge in [0.2, 0.25) is 17.7 Å². The summed E-state index contributed by atoms with van der Waals surface area (Å²) in [6.45, 7) is 8.12. The van der Waals surface area contributed by atoms with Crippen LogP contribution < -0.4 is 26.0 Å². The Morgan fingerprint density at radius 1 is 0.825 bits per heavy atom. The molecule has 3 aliphatic rings. The first-order chi connectivity index (χ1) is 30.6. The van der Waals surface area contributed by atoms with E-state index in [2.05, 4.69) is 80.5 Å². The van der Waals surface area contributed by atoms with E-state index in [-0.39, 0.29) is 60.7 Å². The van der Waals surface area contributed by atoms with Crippen LogP contribution in [0.3, 0.4) is 0 Å². The van der Waals surface area contributed by atoms with Crippen molar-refractivity contribution < 1.29 is 33.1 Å². The third kappa shape index (κ3) is 12.6. The monoisotopic (exact) mass is 861 g/mol. The predicted octanol–water partition coefficient (Wildman–Crippen LogP) is 6.49. The molecule has 0 spiro atoms. The molecule has 0 aromatic heterocycles. The number of nitrogens with zero attached hydrogens (tertiary/aromatic N) is 3. The van der Waals surface area contributed by atoms with E-state index in [0.29, 0.717) is 49.5 Å². The van der Waals surface area contributed by atoms with Crippen molar-refractivity contribution in [1.29, 1.82) is 0 Å². The maximum Gasteiger partial charge on any atom is 0.321 e. The second-order valence-electron chi connectivity index (χ2n) is 17.0. The number of piperazine rings is 1. The molecule has 4 aromatic carbocycles. The van der Waals surface area contributed by atoms with E-state index in [0.717, 1.165) is 76.8 Å². The molecule has 4 N–H and O–H groups in total. The Morgan fingerprint density at radius 2 is 1.57 bits per heavy atom. The Balaban J connectivity index is 0.730. The minimum atomic E-state index is -0.471. The van der Waals surface area contributed by atoms with Crippen molar-refractivity contribution in [2.24, 2.45) is 5.92 Å². The molecule has 0 bridgehead atoms. The third-order valence-corrected chi connectivity index (χ3v) is 12.7. The molecule has 13 nitrogen and oxygen atoms in total. The Kier molecular flexibility index (Phi) is 15.8. The van der Waals surface area contributed by atoms with Crippen molar-refractivity contribution in [2.75, 3.05) is 64.3 Å². The summed E-state index contributed by atoms with van der Waals surface area (Å²) < 4.78 is 20.3. The van der Waals surface area contributed by atoms with E-state index in [4.69, 9.17) is 4.74 Å². The van der Waals surface area contributed by atoms with Crippen LogP contribution >= 0.6 is 0 Å². The topological polar surface area (TPSA) is 152 Å². The van der Waals surface area contributed by atoms with E-state index < -0.39 is 5.82 Å². The molecular formula is C49H60FN7O6. The molecule has 1 unspecified atom stereocenters. The van der Waals surface area contributed by atoms with Crippen LogP contribution in [-0.4, -0.2) is 103 Å². The molecule has 0 aliphatic carbocycles. The summed E-state index contributed by atoms with van der Waals surface area (Å²) in [5, 5.41) is 13.6. The fourth-order valence-corrected chi connectivity index (χ4v) is 8.95. The summed E-state index contributed by atoms with van der Waals surface area (Å²) in [6.07, 6.45) is 6.21. The van der Waals surface area contributed by atoms with Gasteiger partial charge in [-0.25, -0.2) is 9.18 Å². The smallest absolute Gasteiger partial charge is 0.321 e. The van der Waals surface area contributed by atoms with Gasteiger partial charge in [0, 0.05) is 63.3 Å². The Labute approximate surface area is 369 Å². The van der Waals surface area contributed by atoms with Crippen LogP contribution in [0.1, 0.15) is 86.9 Å². The molecule has 3 saturated heterocycles. The minimum Gasteiger partial charge on any atom is -0.484 e. The Morgan fingerprint density at radius 3 is 2.35 bits per heavy atom. The summed E-state index contributed by atoms with van der Waals surface area (Å²) in [4.78, 5) is 68.7. The van der Waals surface area contributed by atoms with Gasteiger partial charge in [0.1, 0.15) is 11.6 Å². The fraction of sp³-hybridized carbons (Fsp3) is 0.449. The van der Waals surface area contributed by atoms with E-state index in [1.54, 1.807) is 35.2 Å². The van der Waals surface area contributed by atoms with Crippen LogP contribution in [0.4, 0.5) is 14.9 Å². The number of halogens is 1. The first-order valence-corrected chi connectivity index (χ1v) is 22.5. The number of piperidine rings is 2.